The minimum Gasteiger partial charge on any atom is -0.395 e. The number of hydrogen-bond donors (Lipinski definition) is 1. The van der Waals surface area contributed by atoms with Crippen molar-refractivity contribution >= 4 is 0 Å². The van der Waals surface area contributed by atoms with Crippen molar-refractivity contribution in [2.45, 2.75) is 38.6 Å². The quantitative estimate of drug-likeness (QED) is 0.397. The van der Waals surface area contributed by atoms with Gasteiger partial charge in [0, 0.05) is 20.2 Å². The third-order valence-corrected chi connectivity index (χ3v) is 4.74. The van der Waals surface area contributed by atoms with Crippen LogP contribution in [-0.4, -0.2) is 55.9 Å². The number of aliphatic hydroxyl groups is 1. The van der Waals surface area contributed by atoms with Gasteiger partial charge in [0.15, 0.2) is 0 Å². The number of aliphatic hydroxyl groups excluding tert-OH is 1. The third-order valence-electron chi connectivity index (χ3n) is 4.74. The van der Waals surface area contributed by atoms with Gasteiger partial charge < -0.3 is 19.3 Å². The van der Waals surface area contributed by atoms with Crippen molar-refractivity contribution in [1.82, 2.24) is 4.90 Å². The minimum absolute atomic E-state index is 0.0241. The molecule has 2 aromatic carbocycles. The van der Waals surface area contributed by atoms with E-state index in [1.807, 2.05) is 36.4 Å². The number of hydrogen-bond acceptors (Lipinski definition) is 5. The van der Waals surface area contributed by atoms with Crippen molar-refractivity contribution in [1.29, 1.82) is 0 Å². The van der Waals surface area contributed by atoms with E-state index < -0.39 is 0 Å². The molecule has 0 unspecified atom stereocenters. The Morgan fingerprint density at radius 2 is 1.46 bits per heavy atom. The summed E-state index contributed by atoms with van der Waals surface area (Å²) in [5.41, 5.74) is 2.42. The second-order valence-electron chi connectivity index (χ2n) is 6.76. The zero-order valence-corrected chi connectivity index (χ0v) is 17.0. The first-order valence-electron chi connectivity index (χ1n) is 9.89. The van der Waals surface area contributed by atoms with Crippen LogP contribution < -0.4 is 0 Å². The van der Waals surface area contributed by atoms with Gasteiger partial charge in [-0.05, 0) is 17.5 Å². The minimum atomic E-state index is -0.128. The number of ether oxygens (including phenoxy) is 3. The molecule has 0 aliphatic heterocycles. The van der Waals surface area contributed by atoms with Gasteiger partial charge >= 0.3 is 0 Å². The van der Waals surface area contributed by atoms with Crippen LogP contribution in [0.2, 0.25) is 0 Å². The molecule has 2 atom stereocenters. The molecular formula is C23H33NO4. The van der Waals surface area contributed by atoms with E-state index in [0.29, 0.717) is 13.2 Å². The summed E-state index contributed by atoms with van der Waals surface area (Å²) in [7, 11) is 1.64. The summed E-state index contributed by atoms with van der Waals surface area (Å²) >= 11 is 0. The second-order valence-corrected chi connectivity index (χ2v) is 6.76. The molecule has 0 radical (unpaired) electrons. The van der Waals surface area contributed by atoms with Crippen LogP contribution in [0, 0.1) is 0 Å². The van der Waals surface area contributed by atoms with Crippen molar-refractivity contribution in [3.05, 3.63) is 71.8 Å². The first-order valence-corrected chi connectivity index (χ1v) is 9.89. The Bertz CT molecular complexity index is 582. The van der Waals surface area contributed by atoms with Crippen LogP contribution in [0.25, 0.3) is 0 Å². The van der Waals surface area contributed by atoms with Gasteiger partial charge in [0.25, 0.3) is 0 Å². The molecule has 2 aromatic rings. The van der Waals surface area contributed by atoms with Crippen LogP contribution in [0.1, 0.15) is 24.5 Å². The maximum Gasteiger partial charge on any atom is 0.147 e. The van der Waals surface area contributed by atoms with E-state index >= 15 is 0 Å². The SMILES string of the molecule is CC[C@@H](OCOCCOC)[C@H](CO)N(Cc1ccccc1)Cc1ccccc1. The average Bonchev–Trinajstić information content (AvgIpc) is 2.74. The predicted molar refractivity (Wildman–Crippen MR) is 111 cm³/mol. The van der Waals surface area contributed by atoms with Gasteiger partial charge in [0.05, 0.1) is 32.0 Å². The van der Waals surface area contributed by atoms with Gasteiger partial charge in [0.2, 0.25) is 0 Å². The summed E-state index contributed by atoms with van der Waals surface area (Å²) in [6.07, 6.45) is 0.666. The molecule has 2 rings (SSSR count). The van der Waals surface area contributed by atoms with Crippen LogP contribution in [0.5, 0.6) is 0 Å². The fourth-order valence-electron chi connectivity index (χ4n) is 3.23. The largest absolute Gasteiger partial charge is 0.395 e. The van der Waals surface area contributed by atoms with Gasteiger partial charge in [-0.15, -0.1) is 0 Å². The molecule has 1 N–H and O–H groups in total. The maximum absolute atomic E-state index is 10.2. The van der Waals surface area contributed by atoms with E-state index in [2.05, 4.69) is 36.1 Å². The smallest absolute Gasteiger partial charge is 0.147 e. The molecule has 0 fully saturated rings. The Kier molecular flexibility index (Phi) is 10.8. The van der Waals surface area contributed by atoms with Gasteiger partial charge in [-0.25, -0.2) is 0 Å². The Morgan fingerprint density at radius 3 is 1.93 bits per heavy atom. The fraction of sp³-hybridized carbons (Fsp3) is 0.478. The highest BCUT2D eigenvalue weighted by Gasteiger charge is 2.27. The third kappa shape index (κ3) is 7.70. The average molecular weight is 388 g/mol. The Labute approximate surface area is 168 Å². The summed E-state index contributed by atoms with van der Waals surface area (Å²) in [5.74, 6) is 0. The topological polar surface area (TPSA) is 51.2 Å². The standard InChI is InChI=1S/C23H33NO4/c1-3-23(28-19-27-15-14-26-2)22(18-25)24(16-20-10-6-4-7-11-20)17-21-12-8-5-9-13-21/h4-13,22-23,25H,3,14-19H2,1-2H3/t22-,23+/m0/s1. The van der Waals surface area contributed by atoms with Crippen LogP contribution in [0.4, 0.5) is 0 Å². The Hall–Kier alpha value is -1.76. The Morgan fingerprint density at radius 1 is 0.893 bits per heavy atom. The fourth-order valence-corrected chi connectivity index (χ4v) is 3.23. The van der Waals surface area contributed by atoms with Crippen molar-refractivity contribution in [2.24, 2.45) is 0 Å². The molecular weight excluding hydrogens is 354 g/mol. The molecule has 28 heavy (non-hydrogen) atoms. The normalized spacial score (nSPS) is 13.6. The predicted octanol–water partition coefficient (Wildman–Crippen LogP) is 3.47. The van der Waals surface area contributed by atoms with Crippen molar-refractivity contribution < 1.29 is 19.3 Å². The van der Waals surface area contributed by atoms with E-state index in [4.69, 9.17) is 14.2 Å². The first-order chi connectivity index (χ1) is 13.8. The molecule has 5 nitrogen and oxygen atoms in total. The van der Waals surface area contributed by atoms with E-state index in [-0.39, 0.29) is 25.5 Å². The highest BCUT2D eigenvalue weighted by Crippen LogP contribution is 2.19. The van der Waals surface area contributed by atoms with Gasteiger partial charge in [-0.1, -0.05) is 67.6 Å². The number of rotatable bonds is 14. The number of benzene rings is 2. The van der Waals surface area contributed by atoms with Gasteiger partial charge in [0.1, 0.15) is 6.79 Å². The van der Waals surface area contributed by atoms with Crippen LogP contribution in [0.3, 0.4) is 0 Å². The molecule has 0 saturated heterocycles. The number of methoxy groups -OCH3 is 1. The molecule has 0 amide bonds. The van der Waals surface area contributed by atoms with Crippen LogP contribution in [0.15, 0.2) is 60.7 Å². The van der Waals surface area contributed by atoms with Crippen LogP contribution in [-0.2, 0) is 27.3 Å². The molecule has 5 heteroatoms. The van der Waals surface area contributed by atoms with E-state index in [9.17, 15) is 5.11 Å². The van der Waals surface area contributed by atoms with E-state index in [0.717, 1.165) is 19.5 Å². The van der Waals surface area contributed by atoms with E-state index in [1.54, 1.807) is 7.11 Å². The zero-order chi connectivity index (χ0) is 20.0. The molecule has 0 spiro atoms. The molecule has 0 aliphatic carbocycles. The molecule has 0 aliphatic rings. The van der Waals surface area contributed by atoms with Crippen molar-refractivity contribution in [2.75, 3.05) is 33.7 Å². The summed E-state index contributed by atoms with van der Waals surface area (Å²) in [5, 5.41) is 10.2. The second kappa shape index (κ2) is 13.4. The van der Waals surface area contributed by atoms with Crippen molar-refractivity contribution in [3.63, 3.8) is 0 Å². The zero-order valence-electron chi connectivity index (χ0n) is 17.0. The molecule has 0 aromatic heterocycles. The van der Waals surface area contributed by atoms with Crippen molar-refractivity contribution in [3.8, 4) is 0 Å². The molecule has 0 heterocycles. The summed E-state index contributed by atoms with van der Waals surface area (Å²) in [6.45, 7) is 4.81. The summed E-state index contributed by atoms with van der Waals surface area (Å²) < 4.78 is 16.4. The van der Waals surface area contributed by atoms with E-state index in [1.165, 1.54) is 11.1 Å². The summed E-state index contributed by atoms with van der Waals surface area (Å²) in [4.78, 5) is 2.29. The van der Waals surface area contributed by atoms with Crippen LogP contribution >= 0.6 is 0 Å². The Balaban J connectivity index is 2.09. The number of nitrogens with zero attached hydrogens (tertiary/aromatic N) is 1. The lowest BCUT2D eigenvalue weighted by Crippen LogP contribution is -2.46. The maximum atomic E-state index is 10.2. The first kappa shape index (κ1) is 22.5. The highest BCUT2D eigenvalue weighted by molar-refractivity contribution is 5.17. The lowest BCUT2D eigenvalue weighted by molar-refractivity contribution is -0.127. The molecule has 154 valence electrons. The molecule has 0 saturated carbocycles. The van der Waals surface area contributed by atoms with Gasteiger partial charge in [-0.3, -0.25) is 4.90 Å². The molecule has 0 bridgehead atoms. The monoisotopic (exact) mass is 387 g/mol. The lowest BCUT2D eigenvalue weighted by atomic mass is 10.0. The lowest BCUT2D eigenvalue weighted by Gasteiger charge is -2.35. The van der Waals surface area contributed by atoms with Gasteiger partial charge in [-0.2, -0.15) is 0 Å². The highest BCUT2D eigenvalue weighted by atomic mass is 16.7. The summed E-state index contributed by atoms with van der Waals surface area (Å²) in [6, 6.07) is 20.5.